The fraction of sp³-hybridized carbons (Fsp3) is 1.00. The first-order valence-corrected chi connectivity index (χ1v) is 5.53. The molecule has 0 aliphatic carbocycles. The molecule has 84 valence electrons. The minimum atomic E-state index is 0.120. The third-order valence-electron chi connectivity index (χ3n) is 3.60. The Morgan fingerprint density at radius 1 is 1.57 bits per heavy atom. The molecular formula is C11H24N2O. The molecule has 14 heavy (non-hydrogen) atoms. The lowest BCUT2D eigenvalue weighted by Crippen LogP contribution is -2.49. The summed E-state index contributed by atoms with van der Waals surface area (Å²) in [6.07, 6.45) is 3.44. The number of hydrogen-bond donors (Lipinski definition) is 1. The van der Waals surface area contributed by atoms with Gasteiger partial charge < -0.3 is 15.0 Å². The van der Waals surface area contributed by atoms with E-state index in [1.54, 1.807) is 0 Å². The minimum Gasteiger partial charge on any atom is -0.378 e. The fourth-order valence-corrected chi connectivity index (χ4v) is 2.26. The fourth-order valence-electron chi connectivity index (χ4n) is 2.26. The van der Waals surface area contributed by atoms with Crippen molar-refractivity contribution in [2.24, 2.45) is 0 Å². The molecule has 0 spiro atoms. The zero-order valence-electron chi connectivity index (χ0n) is 9.97. The molecule has 0 saturated carbocycles. The molecule has 0 bridgehead atoms. The summed E-state index contributed by atoms with van der Waals surface area (Å²) >= 11 is 0. The predicted molar refractivity (Wildman–Crippen MR) is 59.6 cm³/mol. The standard InChI is InChI=1S/C11H24N2O/c1-10-9-11(14-4,5-7-12-2)6-8-13(10)3/h10,12H,5-9H2,1-4H3. The van der Waals surface area contributed by atoms with Gasteiger partial charge in [-0.05, 0) is 46.8 Å². The average molecular weight is 200 g/mol. The summed E-state index contributed by atoms with van der Waals surface area (Å²) in [4.78, 5) is 2.41. The Kier molecular flexibility index (Phi) is 4.35. The highest BCUT2D eigenvalue weighted by molar-refractivity contribution is 4.90. The smallest absolute Gasteiger partial charge is 0.0717 e. The molecule has 2 atom stereocenters. The number of piperidine rings is 1. The van der Waals surface area contributed by atoms with E-state index in [0.717, 1.165) is 32.4 Å². The van der Waals surface area contributed by atoms with Gasteiger partial charge in [0.15, 0.2) is 0 Å². The van der Waals surface area contributed by atoms with Gasteiger partial charge in [0.2, 0.25) is 0 Å². The van der Waals surface area contributed by atoms with E-state index in [-0.39, 0.29) is 5.60 Å². The lowest BCUT2D eigenvalue weighted by atomic mass is 9.84. The van der Waals surface area contributed by atoms with Crippen molar-refractivity contribution in [1.82, 2.24) is 10.2 Å². The molecule has 1 aliphatic heterocycles. The highest BCUT2D eigenvalue weighted by Gasteiger charge is 2.36. The first kappa shape index (κ1) is 12.0. The lowest BCUT2D eigenvalue weighted by molar-refractivity contribution is -0.0733. The summed E-state index contributed by atoms with van der Waals surface area (Å²) in [5.74, 6) is 0. The van der Waals surface area contributed by atoms with E-state index in [4.69, 9.17) is 4.74 Å². The molecule has 0 aromatic carbocycles. The SMILES string of the molecule is CNCCC1(OC)CCN(C)C(C)C1. The van der Waals surface area contributed by atoms with Crippen LogP contribution in [0.15, 0.2) is 0 Å². The molecule has 1 rings (SSSR count). The van der Waals surface area contributed by atoms with Crippen LogP contribution in [0.2, 0.25) is 0 Å². The Morgan fingerprint density at radius 3 is 2.79 bits per heavy atom. The first-order valence-electron chi connectivity index (χ1n) is 5.53. The first-order chi connectivity index (χ1) is 6.63. The highest BCUT2D eigenvalue weighted by Crippen LogP contribution is 2.31. The maximum absolute atomic E-state index is 5.73. The van der Waals surface area contributed by atoms with Crippen molar-refractivity contribution in [2.75, 3.05) is 34.3 Å². The van der Waals surface area contributed by atoms with Gasteiger partial charge in [-0.1, -0.05) is 0 Å². The van der Waals surface area contributed by atoms with E-state index in [0.29, 0.717) is 6.04 Å². The zero-order chi connectivity index (χ0) is 10.6. The monoisotopic (exact) mass is 200 g/mol. The molecule has 1 heterocycles. The molecular weight excluding hydrogens is 176 g/mol. The second-order valence-electron chi connectivity index (χ2n) is 4.52. The van der Waals surface area contributed by atoms with Crippen LogP contribution in [0, 0.1) is 0 Å². The van der Waals surface area contributed by atoms with Gasteiger partial charge in [0, 0.05) is 19.7 Å². The maximum atomic E-state index is 5.73. The van der Waals surface area contributed by atoms with E-state index in [9.17, 15) is 0 Å². The quantitative estimate of drug-likeness (QED) is 0.735. The molecule has 3 nitrogen and oxygen atoms in total. The van der Waals surface area contributed by atoms with Gasteiger partial charge in [0.25, 0.3) is 0 Å². The largest absolute Gasteiger partial charge is 0.378 e. The van der Waals surface area contributed by atoms with E-state index in [2.05, 4.69) is 24.2 Å². The van der Waals surface area contributed by atoms with E-state index >= 15 is 0 Å². The van der Waals surface area contributed by atoms with Crippen LogP contribution < -0.4 is 5.32 Å². The second kappa shape index (κ2) is 5.10. The van der Waals surface area contributed by atoms with Crippen LogP contribution in [-0.2, 0) is 4.74 Å². The summed E-state index contributed by atoms with van der Waals surface area (Å²) in [7, 11) is 6.05. The Balaban J connectivity index is 2.52. The average Bonchev–Trinajstić information content (AvgIpc) is 2.20. The molecule has 1 N–H and O–H groups in total. The Hall–Kier alpha value is -0.120. The third kappa shape index (κ3) is 2.69. The van der Waals surface area contributed by atoms with Crippen LogP contribution >= 0.6 is 0 Å². The predicted octanol–water partition coefficient (Wildman–Crippen LogP) is 1.10. The van der Waals surface area contributed by atoms with Gasteiger partial charge in [-0.3, -0.25) is 0 Å². The molecule has 3 heteroatoms. The molecule has 0 aromatic heterocycles. The highest BCUT2D eigenvalue weighted by atomic mass is 16.5. The van der Waals surface area contributed by atoms with E-state index in [1.165, 1.54) is 0 Å². The van der Waals surface area contributed by atoms with Crippen LogP contribution in [0.1, 0.15) is 26.2 Å². The van der Waals surface area contributed by atoms with Gasteiger partial charge in [0.05, 0.1) is 5.60 Å². The number of nitrogens with zero attached hydrogens (tertiary/aromatic N) is 1. The number of nitrogens with one attached hydrogen (secondary N) is 1. The lowest BCUT2D eigenvalue weighted by Gasteiger charge is -2.43. The number of hydrogen-bond acceptors (Lipinski definition) is 3. The third-order valence-corrected chi connectivity index (χ3v) is 3.60. The summed E-state index contributed by atoms with van der Waals surface area (Å²) < 4.78 is 5.73. The van der Waals surface area contributed by atoms with Crippen molar-refractivity contribution < 1.29 is 4.74 Å². The van der Waals surface area contributed by atoms with E-state index < -0.39 is 0 Å². The molecule has 0 aromatic rings. The summed E-state index contributed by atoms with van der Waals surface area (Å²) in [6.45, 7) is 4.48. The van der Waals surface area contributed by atoms with Crippen molar-refractivity contribution in [3.8, 4) is 0 Å². The molecule has 1 aliphatic rings. The van der Waals surface area contributed by atoms with Crippen LogP contribution in [0.5, 0.6) is 0 Å². The summed E-state index contributed by atoms with van der Waals surface area (Å²) in [5.41, 5.74) is 0.120. The van der Waals surface area contributed by atoms with E-state index in [1.807, 2.05) is 14.2 Å². The van der Waals surface area contributed by atoms with Crippen molar-refractivity contribution in [1.29, 1.82) is 0 Å². The van der Waals surface area contributed by atoms with Gasteiger partial charge >= 0.3 is 0 Å². The topological polar surface area (TPSA) is 24.5 Å². The van der Waals surface area contributed by atoms with Crippen LogP contribution in [-0.4, -0.2) is 50.8 Å². The number of likely N-dealkylation sites (tertiary alicyclic amines) is 1. The zero-order valence-corrected chi connectivity index (χ0v) is 9.97. The van der Waals surface area contributed by atoms with Crippen LogP contribution in [0.4, 0.5) is 0 Å². The molecule has 2 unspecified atom stereocenters. The number of ether oxygens (including phenoxy) is 1. The number of methoxy groups -OCH3 is 1. The van der Waals surface area contributed by atoms with Crippen LogP contribution in [0.3, 0.4) is 0 Å². The Labute approximate surface area is 87.8 Å². The normalized spacial score (nSPS) is 34.7. The van der Waals surface area contributed by atoms with Crippen molar-refractivity contribution >= 4 is 0 Å². The van der Waals surface area contributed by atoms with Crippen molar-refractivity contribution in [3.05, 3.63) is 0 Å². The Morgan fingerprint density at radius 2 is 2.29 bits per heavy atom. The van der Waals surface area contributed by atoms with Crippen LogP contribution in [0.25, 0.3) is 0 Å². The number of rotatable bonds is 4. The van der Waals surface area contributed by atoms with Gasteiger partial charge in [-0.25, -0.2) is 0 Å². The van der Waals surface area contributed by atoms with Gasteiger partial charge in [-0.2, -0.15) is 0 Å². The molecule has 1 fully saturated rings. The Bertz CT molecular complexity index is 171. The van der Waals surface area contributed by atoms with Crippen molar-refractivity contribution in [2.45, 2.75) is 37.8 Å². The molecule has 1 saturated heterocycles. The van der Waals surface area contributed by atoms with Crippen molar-refractivity contribution in [3.63, 3.8) is 0 Å². The molecule has 0 radical (unpaired) electrons. The molecule has 0 amide bonds. The van der Waals surface area contributed by atoms with Gasteiger partial charge in [-0.15, -0.1) is 0 Å². The summed E-state index contributed by atoms with van der Waals surface area (Å²) in [5, 5.41) is 3.21. The summed E-state index contributed by atoms with van der Waals surface area (Å²) in [6, 6.07) is 0.639. The van der Waals surface area contributed by atoms with Gasteiger partial charge in [0.1, 0.15) is 0 Å². The maximum Gasteiger partial charge on any atom is 0.0717 e. The minimum absolute atomic E-state index is 0.120. The second-order valence-corrected chi connectivity index (χ2v) is 4.52.